The first-order chi connectivity index (χ1) is 11.6. The molecule has 122 valence electrons. The minimum absolute atomic E-state index is 0.00860. The van der Waals surface area contributed by atoms with E-state index in [0.717, 1.165) is 27.3 Å². The maximum Gasteiger partial charge on any atom is 0.230 e. The zero-order valence-electron chi connectivity index (χ0n) is 13.7. The largest absolute Gasteiger partial charge is 0.349 e. The van der Waals surface area contributed by atoms with Crippen LogP contribution in [0.4, 0.5) is 0 Å². The number of nitrogens with one attached hydrogen (secondary N) is 1. The molecule has 0 aliphatic heterocycles. The minimum Gasteiger partial charge on any atom is -0.349 e. The molecule has 1 aromatic heterocycles. The Morgan fingerprint density at radius 1 is 1.04 bits per heavy atom. The Kier molecular flexibility index (Phi) is 5.11. The van der Waals surface area contributed by atoms with Crippen molar-refractivity contribution in [3.05, 3.63) is 65.9 Å². The van der Waals surface area contributed by atoms with Crippen LogP contribution in [-0.4, -0.2) is 21.6 Å². The molecule has 1 heterocycles. The zero-order valence-corrected chi connectivity index (χ0v) is 14.5. The molecule has 0 aliphatic rings. The van der Waals surface area contributed by atoms with Gasteiger partial charge in [-0.2, -0.15) is 0 Å². The zero-order chi connectivity index (χ0) is 16.9. The van der Waals surface area contributed by atoms with Gasteiger partial charge in [0.25, 0.3) is 0 Å². The second-order valence-corrected chi connectivity index (χ2v) is 6.56. The number of carbonyl (C=O) groups is 1. The predicted molar refractivity (Wildman–Crippen MR) is 98.0 cm³/mol. The van der Waals surface area contributed by atoms with Crippen molar-refractivity contribution in [3.63, 3.8) is 0 Å². The average Bonchev–Trinajstić information content (AvgIpc) is 2.60. The molecule has 1 N–H and O–H groups in total. The van der Waals surface area contributed by atoms with E-state index in [0.29, 0.717) is 5.75 Å². The molecule has 3 rings (SSSR count). The number of nitrogens with zero attached hydrogens (tertiary/aromatic N) is 2. The molecule has 0 fully saturated rings. The third-order valence-corrected chi connectivity index (χ3v) is 4.79. The van der Waals surface area contributed by atoms with Crippen molar-refractivity contribution in [1.82, 2.24) is 15.3 Å². The molecule has 0 saturated heterocycles. The Bertz CT molecular complexity index is 852. The number of para-hydroxylation sites is 2. The van der Waals surface area contributed by atoms with Crippen LogP contribution >= 0.6 is 11.8 Å². The lowest BCUT2D eigenvalue weighted by atomic mass is 10.1. The fourth-order valence-electron chi connectivity index (χ4n) is 2.45. The highest BCUT2D eigenvalue weighted by atomic mass is 32.2. The predicted octanol–water partition coefficient (Wildman–Crippen LogP) is 3.91. The Balaban J connectivity index is 1.63. The quantitative estimate of drug-likeness (QED) is 0.717. The molecule has 0 spiro atoms. The molecular weight excluding hydrogens is 318 g/mol. The molecular formula is C19H19N3OS. The number of benzene rings is 2. The van der Waals surface area contributed by atoms with Gasteiger partial charge in [0.05, 0.1) is 28.5 Å². The van der Waals surface area contributed by atoms with Gasteiger partial charge in [-0.05, 0) is 31.5 Å². The van der Waals surface area contributed by atoms with Crippen LogP contribution < -0.4 is 5.32 Å². The van der Waals surface area contributed by atoms with Crippen LogP contribution in [0.5, 0.6) is 0 Å². The summed E-state index contributed by atoms with van der Waals surface area (Å²) in [5, 5.41) is 3.82. The molecule has 2 aromatic carbocycles. The smallest absolute Gasteiger partial charge is 0.230 e. The molecule has 0 saturated carbocycles. The maximum absolute atomic E-state index is 12.2. The van der Waals surface area contributed by atoms with Gasteiger partial charge in [0, 0.05) is 0 Å². The SMILES string of the molecule is Cc1nc2ccccc2nc1SCC(=O)N[C@@H](C)c1ccccc1. The van der Waals surface area contributed by atoms with E-state index in [1.165, 1.54) is 11.8 Å². The van der Waals surface area contributed by atoms with E-state index in [4.69, 9.17) is 0 Å². The van der Waals surface area contributed by atoms with Crippen molar-refractivity contribution < 1.29 is 4.79 Å². The van der Waals surface area contributed by atoms with Crippen LogP contribution in [0.3, 0.4) is 0 Å². The summed E-state index contributed by atoms with van der Waals surface area (Å²) in [6.07, 6.45) is 0. The normalized spacial score (nSPS) is 12.1. The second-order valence-electron chi connectivity index (χ2n) is 5.59. The standard InChI is InChI=1S/C19H19N3OS/c1-13(15-8-4-3-5-9-15)21-18(23)12-24-19-14(2)20-16-10-6-7-11-17(16)22-19/h3-11,13H,12H2,1-2H3,(H,21,23)/t13-/m0/s1. The molecule has 24 heavy (non-hydrogen) atoms. The third kappa shape index (κ3) is 3.92. The molecule has 0 radical (unpaired) electrons. The first kappa shape index (κ1) is 16.5. The van der Waals surface area contributed by atoms with Gasteiger partial charge in [-0.25, -0.2) is 9.97 Å². The highest BCUT2D eigenvalue weighted by Gasteiger charge is 2.12. The summed E-state index contributed by atoms with van der Waals surface area (Å²) >= 11 is 1.42. The van der Waals surface area contributed by atoms with Crippen molar-refractivity contribution in [2.75, 3.05) is 5.75 Å². The van der Waals surface area contributed by atoms with Crippen LogP contribution in [0.1, 0.15) is 24.2 Å². The molecule has 3 aromatic rings. The monoisotopic (exact) mass is 337 g/mol. The van der Waals surface area contributed by atoms with Gasteiger partial charge >= 0.3 is 0 Å². The summed E-state index contributed by atoms with van der Waals surface area (Å²) in [4.78, 5) is 21.3. The van der Waals surface area contributed by atoms with Crippen molar-refractivity contribution in [1.29, 1.82) is 0 Å². The Labute approximate surface area is 145 Å². The number of thioether (sulfide) groups is 1. The minimum atomic E-state index is -0.0110. The van der Waals surface area contributed by atoms with Gasteiger partial charge in [0.1, 0.15) is 5.03 Å². The number of aryl methyl sites for hydroxylation is 1. The van der Waals surface area contributed by atoms with Gasteiger partial charge in [0.15, 0.2) is 0 Å². The van der Waals surface area contributed by atoms with Gasteiger partial charge in [-0.3, -0.25) is 4.79 Å². The van der Waals surface area contributed by atoms with Crippen molar-refractivity contribution >= 4 is 28.7 Å². The molecule has 0 bridgehead atoms. The van der Waals surface area contributed by atoms with Gasteiger partial charge in [-0.15, -0.1) is 0 Å². The Morgan fingerprint density at radius 3 is 2.38 bits per heavy atom. The summed E-state index contributed by atoms with van der Waals surface area (Å²) in [6.45, 7) is 3.91. The highest BCUT2D eigenvalue weighted by molar-refractivity contribution is 7.99. The van der Waals surface area contributed by atoms with E-state index in [1.54, 1.807) is 0 Å². The summed E-state index contributed by atoms with van der Waals surface area (Å²) < 4.78 is 0. The Morgan fingerprint density at radius 2 is 1.67 bits per heavy atom. The van der Waals surface area contributed by atoms with Crippen LogP contribution in [0.2, 0.25) is 0 Å². The molecule has 1 amide bonds. The lowest BCUT2D eigenvalue weighted by Crippen LogP contribution is -2.28. The van der Waals surface area contributed by atoms with E-state index in [-0.39, 0.29) is 11.9 Å². The molecule has 5 heteroatoms. The van der Waals surface area contributed by atoms with Gasteiger partial charge in [0.2, 0.25) is 5.91 Å². The number of amides is 1. The van der Waals surface area contributed by atoms with Crippen LogP contribution in [0, 0.1) is 6.92 Å². The number of aromatic nitrogens is 2. The third-order valence-electron chi connectivity index (χ3n) is 3.72. The summed E-state index contributed by atoms with van der Waals surface area (Å²) in [6, 6.07) is 17.7. The van der Waals surface area contributed by atoms with Gasteiger partial charge in [-0.1, -0.05) is 54.2 Å². The Hall–Kier alpha value is -2.40. The van der Waals surface area contributed by atoms with E-state index in [2.05, 4.69) is 15.3 Å². The number of hydrogen-bond donors (Lipinski definition) is 1. The number of fused-ring (bicyclic) bond motifs is 1. The lowest BCUT2D eigenvalue weighted by Gasteiger charge is -2.14. The van der Waals surface area contributed by atoms with Crippen molar-refractivity contribution in [2.24, 2.45) is 0 Å². The van der Waals surface area contributed by atoms with Gasteiger partial charge < -0.3 is 5.32 Å². The molecule has 0 unspecified atom stereocenters. The fraction of sp³-hybridized carbons (Fsp3) is 0.211. The summed E-state index contributed by atoms with van der Waals surface area (Å²) in [5.74, 6) is 0.316. The highest BCUT2D eigenvalue weighted by Crippen LogP contribution is 2.22. The summed E-state index contributed by atoms with van der Waals surface area (Å²) in [5.41, 5.74) is 3.67. The van der Waals surface area contributed by atoms with Crippen molar-refractivity contribution in [3.8, 4) is 0 Å². The number of hydrogen-bond acceptors (Lipinski definition) is 4. The number of carbonyl (C=O) groups excluding carboxylic acids is 1. The van der Waals surface area contributed by atoms with Crippen LogP contribution in [0.25, 0.3) is 11.0 Å². The average molecular weight is 337 g/mol. The summed E-state index contributed by atoms with van der Waals surface area (Å²) in [7, 11) is 0. The second kappa shape index (κ2) is 7.45. The van der Waals surface area contributed by atoms with Crippen molar-refractivity contribution in [2.45, 2.75) is 24.9 Å². The maximum atomic E-state index is 12.2. The van der Waals surface area contributed by atoms with Crippen LogP contribution in [0.15, 0.2) is 59.6 Å². The van der Waals surface area contributed by atoms with E-state index < -0.39 is 0 Å². The molecule has 4 nitrogen and oxygen atoms in total. The fourth-order valence-corrected chi connectivity index (χ4v) is 3.22. The van der Waals surface area contributed by atoms with E-state index >= 15 is 0 Å². The van der Waals surface area contributed by atoms with E-state index in [9.17, 15) is 4.79 Å². The topological polar surface area (TPSA) is 54.9 Å². The lowest BCUT2D eigenvalue weighted by molar-refractivity contribution is -0.119. The molecule has 1 atom stereocenters. The first-order valence-corrected chi connectivity index (χ1v) is 8.82. The first-order valence-electron chi connectivity index (χ1n) is 7.84. The van der Waals surface area contributed by atoms with Crippen LogP contribution in [-0.2, 0) is 4.79 Å². The van der Waals surface area contributed by atoms with E-state index in [1.807, 2.05) is 68.4 Å². The number of rotatable bonds is 5. The molecule has 0 aliphatic carbocycles.